The summed E-state index contributed by atoms with van der Waals surface area (Å²) in [4.78, 5) is 0.106. The molecule has 0 radical (unpaired) electrons. The summed E-state index contributed by atoms with van der Waals surface area (Å²) in [7, 11) is 1.68. The van der Waals surface area contributed by atoms with Gasteiger partial charge in [-0.05, 0) is 48.9 Å². The Morgan fingerprint density at radius 3 is 2.71 bits per heavy atom. The number of rotatable bonds is 5. The normalized spacial score (nSPS) is 19.7. The molecule has 1 aliphatic heterocycles. The van der Waals surface area contributed by atoms with Gasteiger partial charge < -0.3 is 9.47 Å². The van der Waals surface area contributed by atoms with Crippen molar-refractivity contribution in [3.05, 3.63) is 23.8 Å². The Labute approximate surface area is 130 Å². The SMILES string of the molecule is CC(C)c1cc(S(=O)(=O)Cl)ccc1OCC1CCCCO1. The maximum Gasteiger partial charge on any atom is 0.261 e. The Morgan fingerprint density at radius 1 is 1.38 bits per heavy atom. The van der Waals surface area contributed by atoms with Crippen molar-refractivity contribution in [3.63, 3.8) is 0 Å². The Hall–Kier alpha value is -0.780. The van der Waals surface area contributed by atoms with Crippen LogP contribution in [0.1, 0.15) is 44.6 Å². The standard InChI is InChI=1S/C15H21ClO4S/c1-11(2)14-9-13(21(16,17)18)6-7-15(14)20-10-12-5-3-4-8-19-12/h6-7,9,11-12H,3-5,8,10H2,1-2H3. The number of benzene rings is 1. The van der Waals surface area contributed by atoms with Gasteiger partial charge in [-0.15, -0.1) is 0 Å². The van der Waals surface area contributed by atoms with Gasteiger partial charge in [0.15, 0.2) is 0 Å². The van der Waals surface area contributed by atoms with Crippen LogP contribution in [0.25, 0.3) is 0 Å². The van der Waals surface area contributed by atoms with E-state index in [-0.39, 0.29) is 16.9 Å². The van der Waals surface area contributed by atoms with E-state index in [0.29, 0.717) is 12.4 Å². The van der Waals surface area contributed by atoms with E-state index in [1.54, 1.807) is 12.1 Å². The third kappa shape index (κ3) is 4.59. The molecule has 21 heavy (non-hydrogen) atoms. The van der Waals surface area contributed by atoms with Crippen LogP contribution in [-0.2, 0) is 13.8 Å². The Kier molecular flexibility index (Phi) is 5.52. The molecule has 0 N–H and O–H groups in total. The summed E-state index contributed by atoms with van der Waals surface area (Å²) in [5, 5.41) is 0. The molecule has 0 aliphatic carbocycles. The van der Waals surface area contributed by atoms with Gasteiger partial charge in [0.1, 0.15) is 12.4 Å². The molecule has 0 bridgehead atoms. The molecule has 0 saturated carbocycles. The second kappa shape index (κ2) is 6.99. The predicted molar refractivity (Wildman–Crippen MR) is 82.7 cm³/mol. The maximum absolute atomic E-state index is 11.4. The van der Waals surface area contributed by atoms with Gasteiger partial charge in [0.2, 0.25) is 0 Å². The first-order valence-electron chi connectivity index (χ1n) is 7.21. The van der Waals surface area contributed by atoms with E-state index in [0.717, 1.165) is 31.4 Å². The first kappa shape index (κ1) is 16.6. The molecule has 2 rings (SSSR count). The zero-order valence-corrected chi connectivity index (χ0v) is 13.9. The molecule has 1 aromatic carbocycles. The van der Waals surface area contributed by atoms with Gasteiger partial charge in [0.05, 0.1) is 11.0 Å². The smallest absolute Gasteiger partial charge is 0.261 e. The summed E-state index contributed by atoms with van der Waals surface area (Å²) < 4.78 is 34.3. The lowest BCUT2D eigenvalue weighted by atomic mass is 10.0. The molecule has 1 saturated heterocycles. The molecule has 1 fully saturated rings. The van der Waals surface area contributed by atoms with Crippen LogP contribution in [0.3, 0.4) is 0 Å². The highest BCUT2D eigenvalue weighted by Crippen LogP contribution is 2.30. The zero-order valence-electron chi connectivity index (χ0n) is 12.3. The average Bonchev–Trinajstić information content (AvgIpc) is 2.45. The van der Waals surface area contributed by atoms with Crippen molar-refractivity contribution in [1.82, 2.24) is 0 Å². The molecule has 0 aromatic heterocycles. The number of ether oxygens (including phenoxy) is 2. The van der Waals surface area contributed by atoms with Gasteiger partial charge in [-0.25, -0.2) is 8.42 Å². The predicted octanol–water partition coefficient (Wildman–Crippen LogP) is 3.69. The molecule has 1 aromatic rings. The largest absolute Gasteiger partial charge is 0.491 e. The first-order chi connectivity index (χ1) is 9.88. The van der Waals surface area contributed by atoms with E-state index in [1.165, 1.54) is 6.07 Å². The van der Waals surface area contributed by atoms with Crippen LogP contribution >= 0.6 is 10.7 Å². The molecular formula is C15H21ClO4S. The molecule has 118 valence electrons. The third-order valence-electron chi connectivity index (χ3n) is 3.58. The molecule has 0 amide bonds. The van der Waals surface area contributed by atoms with Gasteiger partial charge in [-0.2, -0.15) is 0 Å². The summed E-state index contributed by atoms with van der Waals surface area (Å²) in [6.07, 6.45) is 3.39. The van der Waals surface area contributed by atoms with Crippen molar-refractivity contribution in [2.75, 3.05) is 13.2 Å². The summed E-state index contributed by atoms with van der Waals surface area (Å²) in [6.45, 7) is 5.26. The van der Waals surface area contributed by atoms with Crippen molar-refractivity contribution in [2.24, 2.45) is 0 Å². The van der Waals surface area contributed by atoms with E-state index in [4.69, 9.17) is 20.2 Å². The minimum atomic E-state index is -3.72. The number of halogens is 1. The van der Waals surface area contributed by atoms with Crippen molar-refractivity contribution in [2.45, 2.75) is 50.0 Å². The fraction of sp³-hybridized carbons (Fsp3) is 0.600. The summed E-state index contributed by atoms with van der Waals surface area (Å²) in [6, 6.07) is 4.74. The summed E-state index contributed by atoms with van der Waals surface area (Å²) in [5.74, 6) is 0.842. The zero-order chi connectivity index (χ0) is 15.5. The van der Waals surface area contributed by atoms with Gasteiger partial charge >= 0.3 is 0 Å². The molecule has 1 heterocycles. The van der Waals surface area contributed by atoms with Gasteiger partial charge in [-0.1, -0.05) is 13.8 Å². The van der Waals surface area contributed by atoms with Gasteiger partial charge in [-0.3, -0.25) is 0 Å². The highest BCUT2D eigenvalue weighted by atomic mass is 35.7. The number of hydrogen-bond donors (Lipinski definition) is 0. The quantitative estimate of drug-likeness (QED) is 0.772. The van der Waals surface area contributed by atoms with E-state index >= 15 is 0 Å². The highest BCUT2D eigenvalue weighted by molar-refractivity contribution is 8.13. The van der Waals surface area contributed by atoms with Crippen LogP contribution in [0.15, 0.2) is 23.1 Å². The Morgan fingerprint density at radius 2 is 2.14 bits per heavy atom. The Balaban J connectivity index is 2.14. The fourth-order valence-corrected chi connectivity index (χ4v) is 3.17. The van der Waals surface area contributed by atoms with Gasteiger partial charge in [0.25, 0.3) is 9.05 Å². The summed E-state index contributed by atoms with van der Waals surface area (Å²) >= 11 is 0. The Bertz CT molecular complexity index is 577. The minimum Gasteiger partial charge on any atom is -0.491 e. The molecular weight excluding hydrogens is 312 g/mol. The molecule has 0 spiro atoms. The topological polar surface area (TPSA) is 52.6 Å². The van der Waals surface area contributed by atoms with Gasteiger partial charge in [0, 0.05) is 17.3 Å². The molecule has 1 aliphatic rings. The van der Waals surface area contributed by atoms with Crippen LogP contribution in [0.5, 0.6) is 5.75 Å². The van der Waals surface area contributed by atoms with Crippen LogP contribution in [0.4, 0.5) is 0 Å². The van der Waals surface area contributed by atoms with Crippen LogP contribution < -0.4 is 4.74 Å². The van der Waals surface area contributed by atoms with Crippen molar-refractivity contribution in [1.29, 1.82) is 0 Å². The molecule has 1 unspecified atom stereocenters. The van der Waals surface area contributed by atoms with Crippen LogP contribution in [0, 0.1) is 0 Å². The number of hydrogen-bond acceptors (Lipinski definition) is 4. The lowest BCUT2D eigenvalue weighted by Gasteiger charge is -2.23. The van der Waals surface area contributed by atoms with E-state index in [1.807, 2.05) is 13.8 Å². The van der Waals surface area contributed by atoms with E-state index in [9.17, 15) is 8.42 Å². The minimum absolute atomic E-state index is 0.106. The lowest BCUT2D eigenvalue weighted by molar-refractivity contribution is -0.0112. The van der Waals surface area contributed by atoms with Crippen LogP contribution in [-0.4, -0.2) is 27.7 Å². The fourth-order valence-electron chi connectivity index (χ4n) is 2.38. The average molecular weight is 333 g/mol. The third-order valence-corrected chi connectivity index (χ3v) is 4.94. The molecule has 1 atom stereocenters. The van der Waals surface area contributed by atoms with Crippen molar-refractivity contribution < 1.29 is 17.9 Å². The lowest BCUT2D eigenvalue weighted by Crippen LogP contribution is -2.26. The monoisotopic (exact) mass is 332 g/mol. The first-order valence-corrected chi connectivity index (χ1v) is 9.52. The highest BCUT2D eigenvalue weighted by Gasteiger charge is 2.18. The van der Waals surface area contributed by atoms with Crippen LogP contribution in [0.2, 0.25) is 0 Å². The van der Waals surface area contributed by atoms with E-state index < -0.39 is 9.05 Å². The molecule has 4 nitrogen and oxygen atoms in total. The molecule has 6 heteroatoms. The van der Waals surface area contributed by atoms with Crippen molar-refractivity contribution in [3.8, 4) is 5.75 Å². The second-order valence-electron chi connectivity index (χ2n) is 5.59. The second-order valence-corrected chi connectivity index (χ2v) is 8.16. The van der Waals surface area contributed by atoms with E-state index in [2.05, 4.69) is 0 Å². The summed E-state index contributed by atoms with van der Waals surface area (Å²) in [5.41, 5.74) is 0.840. The maximum atomic E-state index is 11.4. The van der Waals surface area contributed by atoms with Crippen molar-refractivity contribution >= 4 is 19.7 Å².